The van der Waals surface area contributed by atoms with Crippen LogP contribution in [-0.2, 0) is 0 Å². The van der Waals surface area contributed by atoms with Crippen LogP contribution in [0.1, 0.15) is 32.5 Å². The lowest BCUT2D eigenvalue weighted by atomic mass is 9.97. The van der Waals surface area contributed by atoms with Crippen LogP contribution in [0.4, 0.5) is 0 Å². The molecule has 1 heterocycles. The van der Waals surface area contributed by atoms with Gasteiger partial charge in [0.15, 0.2) is 0 Å². The van der Waals surface area contributed by atoms with Gasteiger partial charge < -0.3 is 5.73 Å². The Morgan fingerprint density at radius 1 is 1.24 bits per heavy atom. The SMILES string of the molecule is Cc1cc(Br)c(C(N)c2cccc(C)c2C)s1. The molecule has 0 saturated heterocycles. The summed E-state index contributed by atoms with van der Waals surface area (Å²) in [7, 11) is 0. The highest BCUT2D eigenvalue weighted by Gasteiger charge is 2.17. The predicted octanol–water partition coefficient (Wildman–Crippen LogP) is 4.48. The van der Waals surface area contributed by atoms with Crippen molar-refractivity contribution in [2.24, 2.45) is 5.73 Å². The van der Waals surface area contributed by atoms with Crippen molar-refractivity contribution < 1.29 is 0 Å². The number of rotatable bonds is 2. The van der Waals surface area contributed by atoms with Crippen LogP contribution in [0.25, 0.3) is 0 Å². The highest BCUT2D eigenvalue weighted by Crippen LogP contribution is 2.35. The fourth-order valence-electron chi connectivity index (χ4n) is 1.97. The molecule has 1 aromatic carbocycles. The van der Waals surface area contributed by atoms with E-state index in [9.17, 15) is 0 Å². The Morgan fingerprint density at radius 3 is 2.53 bits per heavy atom. The van der Waals surface area contributed by atoms with Gasteiger partial charge in [-0.15, -0.1) is 11.3 Å². The molecule has 17 heavy (non-hydrogen) atoms. The average Bonchev–Trinajstić information content (AvgIpc) is 2.61. The van der Waals surface area contributed by atoms with E-state index in [0.717, 1.165) is 4.47 Å². The second-order valence-corrected chi connectivity index (χ2v) is 6.48. The fraction of sp³-hybridized carbons (Fsp3) is 0.286. The molecule has 0 aliphatic carbocycles. The molecule has 3 heteroatoms. The third kappa shape index (κ3) is 2.46. The van der Waals surface area contributed by atoms with E-state index < -0.39 is 0 Å². The van der Waals surface area contributed by atoms with Crippen molar-refractivity contribution in [3.8, 4) is 0 Å². The summed E-state index contributed by atoms with van der Waals surface area (Å²) in [5.74, 6) is 0. The van der Waals surface area contributed by atoms with Gasteiger partial charge in [-0.25, -0.2) is 0 Å². The Kier molecular flexibility index (Phi) is 3.71. The Hall–Kier alpha value is -0.640. The molecule has 1 aromatic heterocycles. The third-order valence-electron chi connectivity index (χ3n) is 3.10. The second kappa shape index (κ2) is 4.92. The van der Waals surface area contributed by atoms with E-state index in [2.05, 4.69) is 61.0 Å². The maximum Gasteiger partial charge on any atom is 0.0660 e. The van der Waals surface area contributed by atoms with Gasteiger partial charge in [0.05, 0.1) is 6.04 Å². The normalized spacial score (nSPS) is 12.8. The van der Waals surface area contributed by atoms with Crippen molar-refractivity contribution in [2.75, 3.05) is 0 Å². The topological polar surface area (TPSA) is 26.0 Å². The Morgan fingerprint density at radius 2 is 1.94 bits per heavy atom. The van der Waals surface area contributed by atoms with Crippen molar-refractivity contribution >= 4 is 27.3 Å². The van der Waals surface area contributed by atoms with Gasteiger partial charge in [0.2, 0.25) is 0 Å². The van der Waals surface area contributed by atoms with Gasteiger partial charge in [-0.05, 0) is 59.5 Å². The summed E-state index contributed by atoms with van der Waals surface area (Å²) >= 11 is 5.35. The molecule has 0 aliphatic heterocycles. The maximum absolute atomic E-state index is 6.38. The first-order valence-electron chi connectivity index (χ1n) is 5.58. The van der Waals surface area contributed by atoms with Gasteiger partial charge in [0, 0.05) is 14.2 Å². The van der Waals surface area contributed by atoms with E-state index in [1.165, 1.54) is 26.4 Å². The smallest absolute Gasteiger partial charge is 0.0660 e. The molecule has 0 bridgehead atoms. The summed E-state index contributed by atoms with van der Waals surface area (Å²) < 4.78 is 1.12. The van der Waals surface area contributed by atoms with Crippen molar-refractivity contribution in [2.45, 2.75) is 26.8 Å². The molecule has 0 radical (unpaired) electrons. The molecule has 0 spiro atoms. The molecule has 0 fully saturated rings. The average molecular weight is 310 g/mol. The number of hydrogen-bond acceptors (Lipinski definition) is 2. The molecule has 1 atom stereocenters. The largest absolute Gasteiger partial charge is 0.320 e. The molecule has 0 saturated carbocycles. The van der Waals surface area contributed by atoms with E-state index in [-0.39, 0.29) is 6.04 Å². The van der Waals surface area contributed by atoms with Crippen LogP contribution in [0.15, 0.2) is 28.7 Å². The zero-order valence-corrected chi connectivity index (χ0v) is 12.7. The molecule has 2 rings (SSSR count). The fourth-order valence-corrected chi connectivity index (χ4v) is 3.88. The number of halogens is 1. The van der Waals surface area contributed by atoms with Crippen LogP contribution >= 0.6 is 27.3 Å². The molecule has 90 valence electrons. The first-order chi connectivity index (χ1) is 8.00. The minimum absolute atomic E-state index is 0.0389. The molecular formula is C14H16BrNS. The van der Waals surface area contributed by atoms with Gasteiger partial charge in [-0.3, -0.25) is 0 Å². The number of thiophene rings is 1. The van der Waals surface area contributed by atoms with Crippen LogP contribution in [0.5, 0.6) is 0 Å². The summed E-state index contributed by atoms with van der Waals surface area (Å²) in [4.78, 5) is 2.49. The van der Waals surface area contributed by atoms with Crippen molar-refractivity contribution in [1.29, 1.82) is 0 Å². The van der Waals surface area contributed by atoms with E-state index in [0.29, 0.717) is 0 Å². The lowest BCUT2D eigenvalue weighted by molar-refractivity contribution is 0.875. The van der Waals surface area contributed by atoms with E-state index in [1.54, 1.807) is 11.3 Å². The van der Waals surface area contributed by atoms with Crippen LogP contribution < -0.4 is 5.73 Å². The van der Waals surface area contributed by atoms with Crippen LogP contribution in [-0.4, -0.2) is 0 Å². The minimum atomic E-state index is -0.0389. The maximum atomic E-state index is 6.38. The van der Waals surface area contributed by atoms with Gasteiger partial charge >= 0.3 is 0 Å². The highest BCUT2D eigenvalue weighted by molar-refractivity contribution is 9.10. The number of nitrogens with two attached hydrogens (primary N) is 1. The van der Waals surface area contributed by atoms with Gasteiger partial charge in [-0.1, -0.05) is 18.2 Å². The summed E-state index contributed by atoms with van der Waals surface area (Å²) in [6.07, 6.45) is 0. The standard InChI is InChI=1S/C14H16BrNS/c1-8-5-4-6-11(10(8)3)13(16)14-12(15)7-9(2)17-14/h4-7,13H,16H2,1-3H3. The molecule has 0 amide bonds. The monoisotopic (exact) mass is 309 g/mol. The van der Waals surface area contributed by atoms with E-state index in [1.807, 2.05) is 0 Å². The number of benzene rings is 1. The zero-order chi connectivity index (χ0) is 12.6. The first-order valence-corrected chi connectivity index (χ1v) is 7.19. The second-order valence-electron chi connectivity index (χ2n) is 4.34. The van der Waals surface area contributed by atoms with Gasteiger partial charge in [-0.2, -0.15) is 0 Å². The molecular weight excluding hydrogens is 294 g/mol. The van der Waals surface area contributed by atoms with Crippen LogP contribution in [0, 0.1) is 20.8 Å². The molecule has 1 unspecified atom stereocenters. The highest BCUT2D eigenvalue weighted by atomic mass is 79.9. The molecule has 2 aromatic rings. The minimum Gasteiger partial charge on any atom is -0.320 e. The van der Waals surface area contributed by atoms with Gasteiger partial charge in [0.1, 0.15) is 0 Å². The first kappa shape index (κ1) is 12.8. The zero-order valence-electron chi connectivity index (χ0n) is 10.3. The van der Waals surface area contributed by atoms with Crippen molar-refractivity contribution in [1.82, 2.24) is 0 Å². The van der Waals surface area contributed by atoms with E-state index >= 15 is 0 Å². The number of aryl methyl sites for hydroxylation is 2. The van der Waals surface area contributed by atoms with Crippen LogP contribution in [0.3, 0.4) is 0 Å². The predicted molar refractivity (Wildman–Crippen MR) is 78.7 cm³/mol. The van der Waals surface area contributed by atoms with E-state index in [4.69, 9.17) is 5.73 Å². The third-order valence-corrected chi connectivity index (χ3v) is 5.15. The summed E-state index contributed by atoms with van der Waals surface area (Å²) in [6.45, 7) is 6.37. The molecule has 0 aliphatic rings. The molecule has 2 N–H and O–H groups in total. The molecule has 1 nitrogen and oxygen atoms in total. The quantitative estimate of drug-likeness (QED) is 0.869. The van der Waals surface area contributed by atoms with Crippen LogP contribution in [0.2, 0.25) is 0 Å². The number of hydrogen-bond donors (Lipinski definition) is 1. The van der Waals surface area contributed by atoms with Gasteiger partial charge in [0.25, 0.3) is 0 Å². The van der Waals surface area contributed by atoms with Crippen molar-refractivity contribution in [3.05, 3.63) is 55.2 Å². The summed E-state index contributed by atoms with van der Waals surface area (Å²) in [5, 5.41) is 0. The lowest BCUT2D eigenvalue weighted by Gasteiger charge is -2.15. The Balaban J connectivity index is 2.47. The Labute approximate surface area is 115 Å². The lowest BCUT2D eigenvalue weighted by Crippen LogP contribution is -2.12. The summed E-state index contributed by atoms with van der Waals surface area (Å²) in [6, 6.07) is 8.41. The van der Waals surface area contributed by atoms with Crippen molar-refractivity contribution in [3.63, 3.8) is 0 Å². The summed E-state index contributed by atoms with van der Waals surface area (Å²) in [5.41, 5.74) is 10.2. The Bertz CT molecular complexity index is 545.